The average molecular weight is 268 g/mol. The Labute approximate surface area is 99.4 Å². The van der Waals surface area contributed by atoms with Gasteiger partial charge in [0.2, 0.25) is 0 Å². The highest BCUT2D eigenvalue weighted by atomic mass is 32.2. The van der Waals surface area contributed by atoms with Crippen LogP contribution in [0.4, 0.5) is 0 Å². The number of rotatable bonds is 6. The van der Waals surface area contributed by atoms with Gasteiger partial charge in [-0.3, -0.25) is 4.79 Å². The summed E-state index contributed by atoms with van der Waals surface area (Å²) in [7, 11) is -3.84. The summed E-state index contributed by atoms with van der Waals surface area (Å²) in [6, 6.07) is -1.31. The Morgan fingerprint density at radius 2 is 2.00 bits per heavy atom. The van der Waals surface area contributed by atoms with Crippen LogP contribution in [0.3, 0.4) is 0 Å². The molecule has 0 spiro atoms. The highest BCUT2D eigenvalue weighted by molar-refractivity contribution is 7.87. The van der Waals surface area contributed by atoms with Crippen LogP contribution in [0.15, 0.2) is 0 Å². The fraction of sp³-hybridized carbons (Fsp3) is 0.875. The molecule has 8 nitrogen and oxygen atoms in total. The van der Waals surface area contributed by atoms with E-state index in [0.29, 0.717) is 13.2 Å². The zero-order valence-corrected chi connectivity index (χ0v) is 10.0. The molecule has 0 aromatic heterocycles. The minimum atomic E-state index is -3.84. The zero-order chi connectivity index (χ0) is 12.9. The van der Waals surface area contributed by atoms with E-state index in [-0.39, 0.29) is 19.5 Å². The summed E-state index contributed by atoms with van der Waals surface area (Å²) in [6.45, 7) is 0.571. The largest absolute Gasteiger partial charge is 0.480 e. The topological polar surface area (TPSA) is 116 Å². The molecule has 0 radical (unpaired) electrons. The summed E-state index contributed by atoms with van der Waals surface area (Å²) >= 11 is 0. The molecule has 1 aliphatic heterocycles. The van der Waals surface area contributed by atoms with Crippen molar-refractivity contribution in [2.24, 2.45) is 0 Å². The van der Waals surface area contributed by atoms with E-state index in [2.05, 4.69) is 0 Å². The van der Waals surface area contributed by atoms with Gasteiger partial charge in [-0.2, -0.15) is 17.4 Å². The zero-order valence-electron chi connectivity index (χ0n) is 9.20. The third-order valence-corrected chi connectivity index (χ3v) is 3.94. The summed E-state index contributed by atoms with van der Waals surface area (Å²) < 4.78 is 31.8. The van der Waals surface area contributed by atoms with Crippen LogP contribution in [-0.4, -0.2) is 67.9 Å². The summed E-state index contributed by atoms with van der Waals surface area (Å²) in [5.41, 5.74) is 0. The van der Waals surface area contributed by atoms with Crippen molar-refractivity contribution in [3.05, 3.63) is 0 Å². The van der Waals surface area contributed by atoms with Gasteiger partial charge in [-0.25, -0.2) is 0 Å². The molecule has 0 unspecified atom stereocenters. The summed E-state index contributed by atoms with van der Waals surface area (Å²) in [6.07, 6.45) is -0.168. The van der Waals surface area contributed by atoms with Gasteiger partial charge in [0.15, 0.2) is 0 Å². The van der Waals surface area contributed by atoms with Crippen molar-refractivity contribution in [1.29, 1.82) is 0 Å². The van der Waals surface area contributed by atoms with E-state index in [0.717, 1.165) is 4.31 Å². The third kappa shape index (κ3) is 4.21. The van der Waals surface area contributed by atoms with Crippen LogP contribution in [0.5, 0.6) is 0 Å². The van der Waals surface area contributed by atoms with Crippen LogP contribution in [-0.2, 0) is 19.7 Å². The van der Waals surface area contributed by atoms with Crippen molar-refractivity contribution in [3.63, 3.8) is 0 Å². The minimum Gasteiger partial charge on any atom is -0.480 e. The van der Waals surface area contributed by atoms with Gasteiger partial charge < -0.3 is 14.9 Å². The van der Waals surface area contributed by atoms with Gasteiger partial charge in [-0.1, -0.05) is 0 Å². The molecule has 1 saturated heterocycles. The monoisotopic (exact) mass is 268 g/mol. The summed E-state index contributed by atoms with van der Waals surface area (Å²) in [4.78, 5) is 10.8. The first-order valence-electron chi connectivity index (χ1n) is 5.16. The van der Waals surface area contributed by atoms with E-state index in [4.69, 9.17) is 14.9 Å². The Morgan fingerprint density at radius 3 is 2.47 bits per heavy atom. The third-order valence-electron chi connectivity index (χ3n) is 2.32. The van der Waals surface area contributed by atoms with E-state index in [1.807, 2.05) is 4.72 Å². The van der Waals surface area contributed by atoms with Gasteiger partial charge >= 0.3 is 5.97 Å². The van der Waals surface area contributed by atoms with E-state index < -0.39 is 28.8 Å². The molecular weight excluding hydrogens is 252 g/mol. The van der Waals surface area contributed by atoms with E-state index in [1.54, 1.807) is 0 Å². The number of morpholine rings is 1. The molecule has 1 atom stereocenters. The molecule has 1 aliphatic rings. The SMILES string of the molecule is O=C(O)[C@H](CCO)NS(=O)(=O)N1CCOCC1. The van der Waals surface area contributed by atoms with Gasteiger partial charge in [0.05, 0.1) is 13.2 Å². The molecule has 100 valence electrons. The Balaban J connectivity index is 2.65. The predicted molar refractivity (Wildman–Crippen MR) is 57.6 cm³/mol. The lowest BCUT2D eigenvalue weighted by Crippen LogP contribution is -2.51. The molecule has 0 aromatic rings. The number of aliphatic hydroxyl groups excluding tert-OH is 1. The first-order valence-corrected chi connectivity index (χ1v) is 6.60. The van der Waals surface area contributed by atoms with E-state index >= 15 is 0 Å². The van der Waals surface area contributed by atoms with Crippen molar-refractivity contribution >= 4 is 16.2 Å². The molecule has 0 aromatic carbocycles. The first kappa shape index (κ1) is 14.3. The smallest absolute Gasteiger partial charge is 0.321 e. The number of nitrogens with one attached hydrogen (secondary N) is 1. The number of hydrogen-bond acceptors (Lipinski definition) is 5. The van der Waals surface area contributed by atoms with Gasteiger partial charge in [0.25, 0.3) is 10.2 Å². The highest BCUT2D eigenvalue weighted by Gasteiger charge is 2.29. The van der Waals surface area contributed by atoms with Crippen LogP contribution < -0.4 is 4.72 Å². The van der Waals surface area contributed by atoms with Crippen molar-refractivity contribution in [1.82, 2.24) is 9.03 Å². The van der Waals surface area contributed by atoms with Crippen molar-refractivity contribution in [2.75, 3.05) is 32.9 Å². The minimum absolute atomic E-state index is 0.168. The molecule has 0 saturated carbocycles. The predicted octanol–water partition coefficient (Wildman–Crippen LogP) is -2.01. The van der Waals surface area contributed by atoms with Gasteiger partial charge in [-0.15, -0.1) is 0 Å². The van der Waals surface area contributed by atoms with Gasteiger partial charge in [0.1, 0.15) is 6.04 Å². The number of aliphatic carboxylic acids is 1. The summed E-state index contributed by atoms with van der Waals surface area (Å²) in [5.74, 6) is -1.31. The highest BCUT2D eigenvalue weighted by Crippen LogP contribution is 2.05. The molecule has 0 bridgehead atoms. The Kier molecular flexibility index (Phi) is 5.28. The second kappa shape index (κ2) is 6.26. The second-order valence-electron chi connectivity index (χ2n) is 3.54. The van der Waals surface area contributed by atoms with Crippen LogP contribution in [0, 0.1) is 0 Å². The number of hydrogen-bond donors (Lipinski definition) is 3. The molecule has 17 heavy (non-hydrogen) atoms. The van der Waals surface area contributed by atoms with E-state index in [9.17, 15) is 13.2 Å². The molecule has 9 heteroatoms. The normalized spacial score (nSPS) is 20.1. The Morgan fingerprint density at radius 1 is 1.41 bits per heavy atom. The Hall–Kier alpha value is -0.740. The van der Waals surface area contributed by atoms with Crippen LogP contribution in [0.2, 0.25) is 0 Å². The van der Waals surface area contributed by atoms with Crippen molar-refractivity contribution in [3.8, 4) is 0 Å². The van der Waals surface area contributed by atoms with Crippen LogP contribution in [0.25, 0.3) is 0 Å². The average Bonchev–Trinajstić information content (AvgIpc) is 2.29. The van der Waals surface area contributed by atoms with Crippen LogP contribution >= 0.6 is 0 Å². The molecule has 1 rings (SSSR count). The molecule has 0 amide bonds. The maximum atomic E-state index is 11.8. The number of ether oxygens (including phenoxy) is 1. The second-order valence-corrected chi connectivity index (χ2v) is 5.24. The molecule has 3 N–H and O–H groups in total. The summed E-state index contributed by atoms with van der Waals surface area (Å²) in [5, 5.41) is 17.4. The maximum absolute atomic E-state index is 11.8. The van der Waals surface area contributed by atoms with E-state index in [1.165, 1.54) is 0 Å². The number of carboxylic acids is 1. The lowest BCUT2D eigenvalue weighted by atomic mass is 10.2. The molecule has 1 fully saturated rings. The molecular formula is C8H16N2O6S. The lowest BCUT2D eigenvalue weighted by Gasteiger charge is -2.27. The van der Waals surface area contributed by atoms with Gasteiger partial charge in [0, 0.05) is 19.7 Å². The Bertz CT molecular complexity index is 351. The quantitative estimate of drug-likeness (QED) is 0.512. The number of aliphatic hydroxyl groups is 1. The van der Waals surface area contributed by atoms with Crippen molar-refractivity contribution in [2.45, 2.75) is 12.5 Å². The van der Waals surface area contributed by atoms with Crippen molar-refractivity contribution < 1.29 is 28.2 Å². The maximum Gasteiger partial charge on any atom is 0.321 e. The number of nitrogens with zero attached hydrogens (tertiary/aromatic N) is 1. The lowest BCUT2D eigenvalue weighted by molar-refractivity contribution is -0.139. The number of carboxylic acid groups (broad SMARTS) is 1. The van der Waals surface area contributed by atoms with Crippen LogP contribution in [0.1, 0.15) is 6.42 Å². The molecule has 0 aliphatic carbocycles. The fourth-order valence-electron chi connectivity index (χ4n) is 1.40. The fourth-order valence-corrected chi connectivity index (χ4v) is 2.76. The standard InChI is InChI=1S/C8H16N2O6S/c11-4-1-7(8(12)13)9-17(14,15)10-2-5-16-6-3-10/h7,9,11H,1-6H2,(H,12,13)/t7-/m0/s1. The van der Waals surface area contributed by atoms with Gasteiger partial charge in [-0.05, 0) is 6.42 Å². The number of carbonyl (C=O) groups is 1. The first-order chi connectivity index (χ1) is 7.97. The molecule has 1 heterocycles.